The Labute approximate surface area is 122 Å². The zero-order chi connectivity index (χ0) is 14.5. The maximum absolute atomic E-state index is 12.6. The lowest BCUT2D eigenvalue weighted by atomic mass is 9.93. The van der Waals surface area contributed by atoms with E-state index in [1.807, 2.05) is 36.1 Å². The molecule has 1 saturated heterocycles. The van der Waals surface area contributed by atoms with Crippen LogP contribution in [0, 0.1) is 12.8 Å². The molecule has 0 spiro atoms. The number of piperidine rings is 1. The van der Waals surface area contributed by atoms with Crippen molar-refractivity contribution in [1.82, 2.24) is 10.2 Å². The van der Waals surface area contributed by atoms with Gasteiger partial charge in [0.1, 0.15) is 0 Å². The predicted octanol–water partition coefficient (Wildman–Crippen LogP) is 2.85. The minimum atomic E-state index is 0.184. The van der Waals surface area contributed by atoms with Gasteiger partial charge in [0.2, 0.25) is 0 Å². The molecule has 20 heavy (non-hydrogen) atoms. The van der Waals surface area contributed by atoms with Gasteiger partial charge in [0.05, 0.1) is 0 Å². The van der Waals surface area contributed by atoms with Crippen LogP contribution in [0.3, 0.4) is 0 Å². The number of rotatable bonds is 4. The molecule has 3 nitrogen and oxygen atoms in total. The highest BCUT2D eigenvalue weighted by atomic mass is 16.2. The third-order valence-electron chi connectivity index (χ3n) is 4.22. The highest BCUT2D eigenvalue weighted by Gasteiger charge is 2.28. The molecule has 1 aromatic carbocycles. The molecule has 3 heteroatoms. The van der Waals surface area contributed by atoms with Crippen LogP contribution in [0.25, 0.3) is 0 Å². The minimum Gasteiger partial charge on any atom is -0.338 e. The Morgan fingerprint density at radius 1 is 1.40 bits per heavy atom. The van der Waals surface area contributed by atoms with Gasteiger partial charge in [-0.25, -0.2) is 0 Å². The van der Waals surface area contributed by atoms with Crippen LogP contribution in [-0.2, 0) is 0 Å². The fourth-order valence-corrected chi connectivity index (χ4v) is 2.95. The van der Waals surface area contributed by atoms with Crippen molar-refractivity contribution in [2.75, 3.05) is 19.6 Å². The van der Waals surface area contributed by atoms with Gasteiger partial charge in [-0.15, -0.1) is 0 Å². The van der Waals surface area contributed by atoms with Gasteiger partial charge in [-0.1, -0.05) is 32.0 Å². The number of amides is 1. The maximum atomic E-state index is 12.6. The Kier molecular flexibility index (Phi) is 5.18. The lowest BCUT2D eigenvalue weighted by Crippen LogP contribution is -2.50. The van der Waals surface area contributed by atoms with Crippen LogP contribution in [0.1, 0.15) is 42.6 Å². The Bertz CT molecular complexity index is 458. The topological polar surface area (TPSA) is 32.3 Å². The molecule has 0 saturated carbocycles. The third kappa shape index (κ3) is 3.40. The summed E-state index contributed by atoms with van der Waals surface area (Å²) in [5.41, 5.74) is 1.91. The zero-order valence-corrected chi connectivity index (χ0v) is 12.9. The Balaban J connectivity index is 1.99. The average molecular weight is 274 g/mol. The number of hydrogen-bond donors (Lipinski definition) is 1. The zero-order valence-electron chi connectivity index (χ0n) is 12.9. The van der Waals surface area contributed by atoms with Gasteiger partial charge < -0.3 is 10.2 Å². The fourth-order valence-electron chi connectivity index (χ4n) is 2.95. The SMILES string of the molecule is CCCNC1CCN(C(=O)c2ccccc2C)CC1C. The smallest absolute Gasteiger partial charge is 0.254 e. The van der Waals surface area contributed by atoms with Gasteiger partial charge in [-0.2, -0.15) is 0 Å². The number of likely N-dealkylation sites (tertiary alicyclic amines) is 1. The summed E-state index contributed by atoms with van der Waals surface area (Å²) in [4.78, 5) is 14.6. The van der Waals surface area contributed by atoms with Gasteiger partial charge in [0.25, 0.3) is 5.91 Å². The van der Waals surface area contributed by atoms with Crippen LogP contribution in [0.4, 0.5) is 0 Å². The van der Waals surface area contributed by atoms with E-state index >= 15 is 0 Å². The van der Waals surface area contributed by atoms with Crippen molar-refractivity contribution >= 4 is 5.91 Å². The molecule has 0 aliphatic carbocycles. The molecule has 1 aromatic rings. The second-order valence-corrected chi connectivity index (χ2v) is 5.89. The summed E-state index contributed by atoms with van der Waals surface area (Å²) in [5.74, 6) is 0.701. The van der Waals surface area contributed by atoms with E-state index in [4.69, 9.17) is 0 Å². The number of nitrogens with zero attached hydrogens (tertiary/aromatic N) is 1. The number of benzene rings is 1. The Morgan fingerprint density at radius 3 is 2.80 bits per heavy atom. The lowest BCUT2D eigenvalue weighted by Gasteiger charge is -2.37. The summed E-state index contributed by atoms with van der Waals surface area (Å²) in [6, 6.07) is 8.42. The molecule has 2 unspecified atom stereocenters. The van der Waals surface area contributed by atoms with Crippen molar-refractivity contribution < 1.29 is 4.79 Å². The van der Waals surface area contributed by atoms with E-state index in [-0.39, 0.29) is 5.91 Å². The van der Waals surface area contributed by atoms with Crippen LogP contribution in [0.15, 0.2) is 24.3 Å². The summed E-state index contributed by atoms with van der Waals surface area (Å²) in [7, 11) is 0. The Morgan fingerprint density at radius 2 is 2.15 bits per heavy atom. The highest BCUT2D eigenvalue weighted by molar-refractivity contribution is 5.95. The van der Waals surface area contributed by atoms with E-state index in [9.17, 15) is 4.79 Å². The van der Waals surface area contributed by atoms with Crippen molar-refractivity contribution in [2.45, 2.75) is 39.7 Å². The van der Waals surface area contributed by atoms with Crippen molar-refractivity contribution in [3.8, 4) is 0 Å². The number of aryl methyl sites for hydroxylation is 1. The molecular weight excluding hydrogens is 248 g/mol. The second kappa shape index (κ2) is 6.89. The molecule has 1 amide bonds. The second-order valence-electron chi connectivity index (χ2n) is 5.89. The molecule has 2 rings (SSSR count). The molecule has 110 valence electrons. The van der Waals surface area contributed by atoms with E-state index in [0.29, 0.717) is 12.0 Å². The normalized spacial score (nSPS) is 22.9. The molecule has 0 bridgehead atoms. The molecule has 0 aromatic heterocycles. The van der Waals surface area contributed by atoms with E-state index < -0.39 is 0 Å². The van der Waals surface area contributed by atoms with Crippen molar-refractivity contribution in [1.29, 1.82) is 0 Å². The number of hydrogen-bond acceptors (Lipinski definition) is 2. The summed E-state index contributed by atoms with van der Waals surface area (Å²) >= 11 is 0. The molecule has 1 N–H and O–H groups in total. The minimum absolute atomic E-state index is 0.184. The predicted molar refractivity (Wildman–Crippen MR) is 82.9 cm³/mol. The molecular formula is C17H26N2O. The Hall–Kier alpha value is -1.35. The van der Waals surface area contributed by atoms with Gasteiger partial charge in [0.15, 0.2) is 0 Å². The summed E-state index contributed by atoms with van der Waals surface area (Å²) in [6.45, 7) is 9.22. The third-order valence-corrected chi connectivity index (χ3v) is 4.22. The summed E-state index contributed by atoms with van der Waals surface area (Å²) in [6.07, 6.45) is 2.22. The van der Waals surface area contributed by atoms with E-state index in [0.717, 1.165) is 43.6 Å². The summed E-state index contributed by atoms with van der Waals surface area (Å²) in [5, 5.41) is 3.59. The molecule has 1 aliphatic heterocycles. The molecule has 0 radical (unpaired) electrons. The van der Waals surface area contributed by atoms with Crippen molar-refractivity contribution in [3.63, 3.8) is 0 Å². The lowest BCUT2D eigenvalue weighted by molar-refractivity contribution is 0.0644. The van der Waals surface area contributed by atoms with Gasteiger partial charge >= 0.3 is 0 Å². The molecule has 1 heterocycles. The van der Waals surface area contributed by atoms with Crippen LogP contribution in [0.5, 0.6) is 0 Å². The first-order valence-electron chi connectivity index (χ1n) is 7.71. The number of nitrogens with one attached hydrogen (secondary N) is 1. The molecule has 2 atom stereocenters. The largest absolute Gasteiger partial charge is 0.338 e. The number of carbonyl (C=O) groups excluding carboxylic acids is 1. The average Bonchev–Trinajstić information content (AvgIpc) is 2.46. The highest BCUT2D eigenvalue weighted by Crippen LogP contribution is 2.20. The maximum Gasteiger partial charge on any atom is 0.254 e. The van der Waals surface area contributed by atoms with Gasteiger partial charge in [0, 0.05) is 24.7 Å². The molecule has 1 fully saturated rings. The first kappa shape index (κ1) is 15.0. The first-order chi connectivity index (χ1) is 9.63. The van der Waals surface area contributed by atoms with E-state index in [2.05, 4.69) is 19.2 Å². The van der Waals surface area contributed by atoms with Gasteiger partial charge in [-0.3, -0.25) is 4.79 Å². The van der Waals surface area contributed by atoms with Crippen molar-refractivity contribution in [2.24, 2.45) is 5.92 Å². The van der Waals surface area contributed by atoms with Crippen LogP contribution in [0.2, 0.25) is 0 Å². The molecule has 1 aliphatic rings. The van der Waals surface area contributed by atoms with E-state index in [1.54, 1.807) is 0 Å². The fraction of sp³-hybridized carbons (Fsp3) is 0.588. The monoisotopic (exact) mass is 274 g/mol. The first-order valence-corrected chi connectivity index (χ1v) is 7.71. The van der Waals surface area contributed by atoms with Crippen LogP contribution >= 0.6 is 0 Å². The summed E-state index contributed by atoms with van der Waals surface area (Å²) < 4.78 is 0. The van der Waals surface area contributed by atoms with E-state index in [1.165, 1.54) is 0 Å². The van der Waals surface area contributed by atoms with Crippen LogP contribution < -0.4 is 5.32 Å². The van der Waals surface area contributed by atoms with Gasteiger partial charge in [-0.05, 0) is 43.9 Å². The van der Waals surface area contributed by atoms with Crippen molar-refractivity contribution in [3.05, 3.63) is 35.4 Å². The quantitative estimate of drug-likeness (QED) is 0.915. The number of carbonyl (C=O) groups is 1. The standard InChI is InChI=1S/C17H26N2O/c1-4-10-18-16-9-11-19(12-14(16)3)17(20)15-8-6-5-7-13(15)2/h5-8,14,16,18H,4,9-12H2,1-3H3. The van der Waals surface area contributed by atoms with Crippen LogP contribution in [-0.4, -0.2) is 36.5 Å².